The lowest BCUT2D eigenvalue weighted by Gasteiger charge is -2.23. The van der Waals surface area contributed by atoms with E-state index in [1.165, 1.54) is 6.07 Å². The zero-order valence-electron chi connectivity index (χ0n) is 14.6. The van der Waals surface area contributed by atoms with Crippen molar-refractivity contribution >= 4 is 5.82 Å². The highest BCUT2D eigenvalue weighted by molar-refractivity contribution is 5.42. The first kappa shape index (κ1) is 17.3. The molecule has 0 bridgehead atoms. The second-order valence-corrected chi connectivity index (χ2v) is 7.22. The topological polar surface area (TPSA) is 46.0 Å². The Hall–Kier alpha value is -2.09. The molecule has 3 heterocycles. The molecule has 8 heteroatoms. The second kappa shape index (κ2) is 6.57. The first-order chi connectivity index (χ1) is 12.4. The van der Waals surface area contributed by atoms with Crippen LogP contribution in [0.4, 0.5) is 19.0 Å². The largest absolute Gasteiger partial charge is 0.433 e. The molecular weight excluding hydrogens is 343 g/mol. The molecule has 0 spiro atoms. The maximum atomic E-state index is 12.9. The Morgan fingerprint density at radius 2 is 2.04 bits per heavy atom. The SMILES string of the molecule is Cn1nccc1CN[C@H]1CC[C@@H]2CN(c3cccc(C(F)(F)F)n3)C[C@@H]21. The number of rotatable bonds is 4. The Labute approximate surface area is 150 Å². The fraction of sp³-hybridized carbons (Fsp3) is 0.556. The van der Waals surface area contributed by atoms with Gasteiger partial charge in [0.15, 0.2) is 0 Å². The van der Waals surface area contributed by atoms with Gasteiger partial charge in [-0.2, -0.15) is 18.3 Å². The summed E-state index contributed by atoms with van der Waals surface area (Å²) in [4.78, 5) is 5.85. The van der Waals surface area contributed by atoms with Gasteiger partial charge >= 0.3 is 6.18 Å². The third kappa shape index (κ3) is 3.30. The molecule has 1 aliphatic heterocycles. The van der Waals surface area contributed by atoms with Crippen LogP contribution in [0.2, 0.25) is 0 Å². The number of hydrogen-bond acceptors (Lipinski definition) is 4. The Kier molecular flexibility index (Phi) is 4.38. The molecule has 2 aromatic rings. The van der Waals surface area contributed by atoms with Crippen LogP contribution >= 0.6 is 0 Å². The van der Waals surface area contributed by atoms with Gasteiger partial charge in [0.2, 0.25) is 0 Å². The third-order valence-electron chi connectivity index (χ3n) is 5.67. The summed E-state index contributed by atoms with van der Waals surface area (Å²) in [5, 5.41) is 7.79. The van der Waals surface area contributed by atoms with Crippen molar-refractivity contribution in [2.45, 2.75) is 31.6 Å². The highest BCUT2D eigenvalue weighted by atomic mass is 19.4. The van der Waals surface area contributed by atoms with Crippen molar-refractivity contribution in [3.63, 3.8) is 0 Å². The van der Waals surface area contributed by atoms with Crippen molar-refractivity contribution in [1.82, 2.24) is 20.1 Å². The number of pyridine rings is 1. The predicted molar refractivity (Wildman–Crippen MR) is 91.5 cm³/mol. The maximum Gasteiger partial charge on any atom is 0.433 e. The van der Waals surface area contributed by atoms with E-state index < -0.39 is 11.9 Å². The number of nitrogens with one attached hydrogen (secondary N) is 1. The van der Waals surface area contributed by atoms with Crippen LogP contribution in [0.5, 0.6) is 0 Å². The number of nitrogens with zero attached hydrogens (tertiary/aromatic N) is 4. The van der Waals surface area contributed by atoms with Crippen molar-refractivity contribution in [3.05, 3.63) is 41.9 Å². The Balaban J connectivity index is 1.42. The van der Waals surface area contributed by atoms with Crippen LogP contribution < -0.4 is 10.2 Å². The highest BCUT2D eigenvalue weighted by Gasteiger charge is 2.43. The number of aryl methyl sites for hydroxylation is 1. The lowest BCUT2D eigenvalue weighted by atomic mass is 9.98. The van der Waals surface area contributed by atoms with E-state index in [0.29, 0.717) is 23.7 Å². The molecule has 3 atom stereocenters. The average Bonchev–Trinajstić information content (AvgIpc) is 3.29. The molecule has 0 unspecified atom stereocenters. The lowest BCUT2D eigenvalue weighted by Crippen LogP contribution is -2.36. The van der Waals surface area contributed by atoms with Gasteiger partial charge in [0, 0.05) is 38.9 Å². The minimum absolute atomic E-state index is 0.380. The van der Waals surface area contributed by atoms with E-state index in [1.807, 2.05) is 22.7 Å². The third-order valence-corrected chi connectivity index (χ3v) is 5.67. The van der Waals surface area contributed by atoms with E-state index in [-0.39, 0.29) is 0 Å². The smallest absolute Gasteiger partial charge is 0.356 e. The fourth-order valence-electron chi connectivity index (χ4n) is 4.27. The molecule has 0 radical (unpaired) electrons. The average molecular weight is 365 g/mol. The summed E-state index contributed by atoms with van der Waals surface area (Å²) in [6.45, 7) is 2.29. The van der Waals surface area contributed by atoms with Crippen molar-refractivity contribution in [2.24, 2.45) is 18.9 Å². The molecule has 2 aromatic heterocycles. The maximum absolute atomic E-state index is 12.9. The zero-order valence-corrected chi connectivity index (χ0v) is 14.6. The van der Waals surface area contributed by atoms with Crippen LogP contribution in [0.25, 0.3) is 0 Å². The molecule has 1 saturated carbocycles. The van der Waals surface area contributed by atoms with Gasteiger partial charge in [0.25, 0.3) is 0 Å². The van der Waals surface area contributed by atoms with Gasteiger partial charge in [-0.3, -0.25) is 4.68 Å². The first-order valence-corrected chi connectivity index (χ1v) is 8.91. The van der Waals surface area contributed by atoms with Crippen molar-refractivity contribution < 1.29 is 13.2 Å². The molecule has 1 N–H and O–H groups in total. The van der Waals surface area contributed by atoms with Crippen LogP contribution in [0.1, 0.15) is 24.2 Å². The van der Waals surface area contributed by atoms with Crippen LogP contribution in [0.15, 0.2) is 30.5 Å². The van der Waals surface area contributed by atoms with Gasteiger partial charge in [0.1, 0.15) is 11.5 Å². The van der Waals surface area contributed by atoms with Gasteiger partial charge in [0.05, 0.1) is 5.69 Å². The summed E-state index contributed by atoms with van der Waals surface area (Å²) in [7, 11) is 1.92. The molecular formula is C18H22F3N5. The molecule has 0 aromatic carbocycles. The summed E-state index contributed by atoms with van der Waals surface area (Å²) in [6, 6.07) is 6.52. The quantitative estimate of drug-likeness (QED) is 0.905. The van der Waals surface area contributed by atoms with Gasteiger partial charge in [-0.15, -0.1) is 0 Å². The van der Waals surface area contributed by atoms with Crippen LogP contribution in [-0.2, 0) is 19.8 Å². The molecule has 2 aliphatic rings. The Morgan fingerprint density at radius 1 is 1.19 bits per heavy atom. The molecule has 140 valence electrons. The summed E-state index contributed by atoms with van der Waals surface area (Å²) >= 11 is 0. The van der Waals surface area contributed by atoms with E-state index in [2.05, 4.69) is 15.4 Å². The molecule has 2 fully saturated rings. The van der Waals surface area contributed by atoms with Gasteiger partial charge < -0.3 is 10.2 Å². The summed E-state index contributed by atoms with van der Waals surface area (Å²) < 4.78 is 40.6. The van der Waals surface area contributed by atoms with E-state index in [4.69, 9.17) is 0 Å². The number of fused-ring (bicyclic) bond motifs is 1. The van der Waals surface area contributed by atoms with E-state index in [1.54, 1.807) is 12.3 Å². The number of hydrogen-bond donors (Lipinski definition) is 1. The second-order valence-electron chi connectivity index (χ2n) is 7.22. The minimum Gasteiger partial charge on any atom is -0.356 e. The van der Waals surface area contributed by atoms with Crippen LogP contribution in [0.3, 0.4) is 0 Å². The van der Waals surface area contributed by atoms with Crippen molar-refractivity contribution in [3.8, 4) is 0 Å². The highest BCUT2D eigenvalue weighted by Crippen LogP contribution is 2.40. The fourth-order valence-corrected chi connectivity index (χ4v) is 4.27. The van der Waals surface area contributed by atoms with Gasteiger partial charge in [-0.25, -0.2) is 4.98 Å². The Morgan fingerprint density at radius 3 is 2.77 bits per heavy atom. The number of anilines is 1. The molecule has 26 heavy (non-hydrogen) atoms. The van der Waals surface area contributed by atoms with E-state index in [9.17, 15) is 13.2 Å². The standard InChI is InChI=1S/C18H22F3N5/c1-25-13(7-8-23-25)9-22-15-6-5-12-10-26(11-14(12)15)17-4-2-3-16(24-17)18(19,20)21/h2-4,7-8,12,14-15,22H,5-6,9-11H2,1H3/t12-,14+,15+/m1/s1. The normalized spacial score (nSPS) is 25.7. The summed E-state index contributed by atoms with van der Waals surface area (Å²) in [5.41, 5.74) is 0.306. The Bertz CT molecular complexity index is 772. The molecule has 4 rings (SSSR count). The molecule has 1 aliphatic carbocycles. The monoisotopic (exact) mass is 365 g/mol. The molecule has 1 saturated heterocycles. The summed E-state index contributed by atoms with van der Waals surface area (Å²) in [6.07, 6.45) is -0.413. The van der Waals surface area contributed by atoms with Crippen molar-refractivity contribution in [1.29, 1.82) is 0 Å². The van der Waals surface area contributed by atoms with Crippen LogP contribution in [-0.4, -0.2) is 33.9 Å². The lowest BCUT2D eigenvalue weighted by molar-refractivity contribution is -0.141. The predicted octanol–water partition coefficient (Wildman–Crippen LogP) is 2.84. The van der Waals surface area contributed by atoms with Crippen LogP contribution in [0, 0.1) is 11.8 Å². The number of alkyl halides is 3. The zero-order chi connectivity index (χ0) is 18.3. The number of aromatic nitrogens is 3. The van der Waals surface area contributed by atoms with E-state index in [0.717, 1.165) is 44.2 Å². The summed E-state index contributed by atoms with van der Waals surface area (Å²) in [5.74, 6) is 1.38. The number of halogens is 3. The van der Waals surface area contributed by atoms with Gasteiger partial charge in [-0.1, -0.05) is 6.07 Å². The first-order valence-electron chi connectivity index (χ1n) is 8.91. The molecule has 5 nitrogen and oxygen atoms in total. The molecule has 0 amide bonds. The van der Waals surface area contributed by atoms with Gasteiger partial charge in [-0.05, 0) is 42.9 Å². The minimum atomic E-state index is -4.40. The van der Waals surface area contributed by atoms with Crippen molar-refractivity contribution in [2.75, 3.05) is 18.0 Å². The van der Waals surface area contributed by atoms with E-state index >= 15 is 0 Å².